The molecule has 0 aromatic rings. The molecule has 154 valence electrons. The van der Waals surface area contributed by atoms with Crippen LogP contribution in [0.5, 0.6) is 0 Å². The average molecular weight is 369 g/mol. The molecule has 0 aliphatic heterocycles. The molecule has 0 saturated heterocycles. The standard InChI is InChI=1S/C23H44O3/c1-7-22(24)26-23(25)17-21(6)16-10-15-20(5)14-9-13-19(4)12-8-11-18(2)3/h17-20,22,24H,7-16H2,1-6H3. The molecule has 26 heavy (non-hydrogen) atoms. The van der Waals surface area contributed by atoms with Crippen LogP contribution in [-0.4, -0.2) is 17.4 Å². The molecule has 0 aromatic carbocycles. The molecule has 0 bridgehead atoms. The summed E-state index contributed by atoms with van der Waals surface area (Å²) >= 11 is 0. The second-order valence-corrected chi connectivity index (χ2v) is 8.65. The second-order valence-electron chi connectivity index (χ2n) is 8.65. The fourth-order valence-corrected chi connectivity index (χ4v) is 3.23. The van der Waals surface area contributed by atoms with Gasteiger partial charge >= 0.3 is 5.97 Å². The van der Waals surface area contributed by atoms with Crippen LogP contribution in [0.15, 0.2) is 11.6 Å². The van der Waals surface area contributed by atoms with Crippen LogP contribution in [0.2, 0.25) is 0 Å². The maximum Gasteiger partial charge on any atom is 0.332 e. The second kappa shape index (κ2) is 15.2. The summed E-state index contributed by atoms with van der Waals surface area (Å²) in [4.78, 5) is 11.6. The van der Waals surface area contributed by atoms with E-state index in [9.17, 15) is 9.90 Å². The van der Waals surface area contributed by atoms with E-state index in [4.69, 9.17) is 4.74 Å². The van der Waals surface area contributed by atoms with Gasteiger partial charge in [-0.2, -0.15) is 0 Å². The Morgan fingerprint density at radius 3 is 1.92 bits per heavy atom. The van der Waals surface area contributed by atoms with Crippen LogP contribution in [-0.2, 0) is 9.53 Å². The van der Waals surface area contributed by atoms with Crippen LogP contribution in [0.25, 0.3) is 0 Å². The van der Waals surface area contributed by atoms with Crippen LogP contribution < -0.4 is 0 Å². The maximum absolute atomic E-state index is 11.6. The zero-order valence-electron chi connectivity index (χ0n) is 18.2. The largest absolute Gasteiger partial charge is 0.433 e. The molecule has 1 N–H and O–H groups in total. The number of aliphatic hydroxyl groups excluding tert-OH is 1. The molecule has 0 rings (SSSR count). The molecule has 0 heterocycles. The monoisotopic (exact) mass is 368 g/mol. The molecule has 0 radical (unpaired) electrons. The summed E-state index contributed by atoms with van der Waals surface area (Å²) in [5, 5.41) is 9.31. The molecule has 0 fully saturated rings. The average Bonchev–Trinajstić information content (AvgIpc) is 2.54. The number of hydrogen-bond acceptors (Lipinski definition) is 3. The third-order valence-corrected chi connectivity index (χ3v) is 5.11. The first kappa shape index (κ1) is 25.2. The lowest BCUT2D eigenvalue weighted by molar-refractivity contribution is -0.161. The predicted octanol–water partition coefficient (Wildman–Crippen LogP) is 6.64. The van der Waals surface area contributed by atoms with Crippen molar-refractivity contribution in [3.05, 3.63) is 11.6 Å². The maximum atomic E-state index is 11.6. The summed E-state index contributed by atoms with van der Waals surface area (Å²) in [5.41, 5.74) is 1.03. The van der Waals surface area contributed by atoms with Crippen molar-refractivity contribution >= 4 is 5.97 Å². The van der Waals surface area contributed by atoms with Gasteiger partial charge in [0.2, 0.25) is 6.29 Å². The zero-order valence-corrected chi connectivity index (χ0v) is 18.2. The van der Waals surface area contributed by atoms with E-state index in [1.807, 2.05) is 6.92 Å². The van der Waals surface area contributed by atoms with Crippen LogP contribution in [0, 0.1) is 17.8 Å². The quantitative estimate of drug-likeness (QED) is 0.200. The molecule has 0 aliphatic carbocycles. The Bertz CT molecular complexity index is 387. The molecule has 0 saturated carbocycles. The summed E-state index contributed by atoms with van der Waals surface area (Å²) in [5.74, 6) is 2.00. The van der Waals surface area contributed by atoms with E-state index in [1.165, 1.54) is 51.0 Å². The Morgan fingerprint density at radius 1 is 0.923 bits per heavy atom. The van der Waals surface area contributed by atoms with Gasteiger partial charge in [-0.05, 0) is 37.5 Å². The van der Waals surface area contributed by atoms with E-state index in [0.717, 1.165) is 36.2 Å². The van der Waals surface area contributed by atoms with Crippen molar-refractivity contribution in [3.63, 3.8) is 0 Å². The lowest BCUT2D eigenvalue weighted by Crippen LogP contribution is -2.14. The van der Waals surface area contributed by atoms with Gasteiger partial charge in [-0.1, -0.05) is 85.1 Å². The van der Waals surface area contributed by atoms with Crippen molar-refractivity contribution in [2.24, 2.45) is 17.8 Å². The lowest BCUT2D eigenvalue weighted by atomic mass is 9.91. The van der Waals surface area contributed by atoms with Gasteiger partial charge in [0.05, 0.1) is 0 Å². The van der Waals surface area contributed by atoms with Gasteiger partial charge in [-0.15, -0.1) is 0 Å². The Kier molecular flexibility index (Phi) is 14.8. The first-order valence-electron chi connectivity index (χ1n) is 10.8. The van der Waals surface area contributed by atoms with Gasteiger partial charge < -0.3 is 9.84 Å². The molecule has 3 unspecified atom stereocenters. The summed E-state index contributed by atoms with van der Waals surface area (Å²) in [6.45, 7) is 13.1. The summed E-state index contributed by atoms with van der Waals surface area (Å²) < 4.78 is 4.85. The van der Waals surface area contributed by atoms with Crippen LogP contribution in [0.1, 0.15) is 106 Å². The van der Waals surface area contributed by atoms with E-state index < -0.39 is 12.3 Å². The molecular formula is C23H44O3. The van der Waals surface area contributed by atoms with E-state index in [-0.39, 0.29) is 0 Å². The Hall–Kier alpha value is -0.830. The van der Waals surface area contributed by atoms with Crippen LogP contribution in [0.4, 0.5) is 0 Å². The van der Waals surface area contributed by atoms with Crippen molar-refractivity contribution < 1.29 is 14.6 Å². The molecular weight excluding hydrogens is 324 g/mol. The van der Waals surface area contributed by atoms with Crippen LogP contribution >= 0.6 is 0 Å². The number of hydrogen-bond donors (Lipinski definition) is 1. The molecule has 0 aromatic heterocycles. The van der Waals surface area contributed by atoms with E-state index in [0.29, 0.717) is 6.42 Å². The fourth-order valence-electron chi connectivity index (χ4n) is 3.23. The molecule has 3 nitrogen and oxygen atoms in total. The van der Waals surface area contributed by atoms with Crippen molar-refractivity contribution in [2.75, 3.05) is 0 Å². The fraction of sp³-hybridized carbons (Fsp3) is 0.870. The molecule has 0 spiro atoms. The van der Waals surface area contributed by atoms with Crippen molar-refractivity contribution in [1.29, 1.82) is 0 Å². The SMILES string of the molecule is CCC(O)OC(=O)C=C(C)CCCC(C)CCCC(C)CCCC(C)C. The lowest BCUT2D eigenvalue weighted by Gasteiger charge is -2.15. The number of aliphatic hydroxyl groups is 1. The van der Waals surface area contributed by atoms with Crippen molar-refractivity contribution in [3.8, 4) is 0 Å². The summed E-state index contributed by atoms with van der Waals surface area (Å²) in [6.07, 6.45) is 12.3. The predicted molar refractivity (Wildman–Crippen MR) is 111 cm³/mol. The minimum atomic E-state index is -0.987. The highest BCUT2D eigenvalue weighted by Gasteiger charge is 2.08. The number of carbonyl (C=O) groups is 1. The number of esters is 1. The van der Waals surface area contributed by atoms with E-state index >= 15 is 0 Å². The molecule has 0 amide bonds. The highest BCUT2D eigenvalue weighted by atomic mass is 16.6. The molecule has 0 aliphatic rings. The third kappa shape index (κ3) is 15.4. The van der Waals surface area contributed by atoms with Crippen molar-refractivity contribution in [1.82, 2.24) is 0 Å². The van der Waals surface area contributed by atoms with Crippen LogP contribution in [0.3, 0.4) is 0 Å². The van der Waals surface area contributed by atoms with Gasteiger partial charge in [0.15, 0.2) is 0 Å². The zero-order chi connectivity index (χ0) is 19.9. The first-order valence-corrected chi connectivity index (χ1v) is 10.8. The normalized spacial score (nSPS) is 15.8. The van der Waals surface area contributed by atoms with Gasteiger partial charge in [0, 0.05) is 12.5 Å². The topological polar surface area (TPSA) is 46.5 Å². The number of allylic oxidation sites excluding steroid dienone is 1. The Morgan fingerprint density at radius 2 is 1.42 bits per heavy atom. The smallest absolute Gasteiger partial charge is 0.332 e. The van der Waals surface area contributed by atoms with E-state index in [1.54, 1.807) is 6.92 Å². The molecule has 3 atom stereocenters. The number of ether oxygens (including phenoxy) is 1. The van der Waals surface area contributed by atoms with Crippen molar-refractivity contribution in [2.45, 2.75) is 112 Å². The number of rotatable bonds is 15. The Balaban J connectivity index is 3.78. The molecule has 3 heteroatoms. The van der Waals surface area contributed by atoms with Gasteiger partial charge in [0.25, 0.3) is 0 Å². The van der Waals surface area contributed by atoms with Gasteiger partial charge in [-0.25, -0.2) is 4.79 Å². The minimum Gasteiger partial charge on any atom is -0.433 e. The number of carbonyl (C=O) groups excluding carboxylic acids is 1. The van der Waals surface area contributed by atoms with E-state index in [2.05, 4.69) is 27.7 Å². The van der Waals surface area contributed by atoms with Gasteiger partial charge in [0.1, 0.15) is 0 Å². The minimum absolute atomic E-state index is 0.423. The summed E-state index contributed by atoms with van der Waals surface area (Å²) in [6, 6.07) is 0. The first-order chi connectivity index (χ1) is 12.2. The third-order valence-electron chi connectivity index (χ3n) is 5.11. The summed E-state index contributed by atoms with van der Waals surface area (Å²) in [7, 11) is 0. The highest BCUT2D eigenvalue weighted by Crippen LogP contribution is 2.22. The van der Waals surface area contributed by atoms with Gasteiger partial charge in [-0.3, -0.25) is 0 Å². The Labute approximate surface area is 162 Å². The highest BCUT2D eigenvalue weighted by molar-refractivity contribution is 5.82.